The molecule has 0 unspecified atom stereocenters. The van der Waals surface area contributed by atoms with Gasteiger partial charge in [-0.2, -0.15) is 0 Å². The predicted molar refractivity (Wildman–Crippen MR) is 70.1 cm³/mol. The first-order chi connectivity index (χ1) is 8.07. The Labute approximate surface area is 109 Å². The van der Waals surface area contributed by atoms with Crippen LogP contribution in [0.2, 0.25) is 0 Å². The lowest BCUT2D eigenvalue weighted by atomic mass is 9.98. The summed E-state index contributed by atoms with van der Waals surface area (Å²) in [5.41, 5.74) is -0.120. The van der Waals surface area contributed by atoms with Crippen LogP contribution < -0.4 is 5.32 Å². The van der Waals surface area contributed by atoms with E-state index in [2.05, 4.69) is 33.0 Å². The maximum absolute atomic E-state index is 12.2. The molecule has 0 aromatic rings. The van der Waals surface area contributed by atoms with E-state index in [1.807, 2.05) is 13.8 Å². The average molecular weight is 255 g/mol. The number of hydrogen-bond acceptors (Lipinski definition) is 2. The summed E-state index contributed by atoms with van der Waals surface area (Å²) in [6.07, 6.45) is 0.731. The van der Waals surface area contributed by atoms with Crippen LogP contribution in [-0.2, 0) is 9.59 Å². The molecule has 4 heteroatoms. The monoisotopic (exact) mass is 255 g/mol. The van der Waals surface area contributed by atoms with Gasteiger partial charge >= 0.3 is 5.97 Å². The van der Waals surface area contributed by atoms with E-state index >= 15 is 0 Å². The van der Waals surface area contributed by atoms with Gasteiger partial charge in [-0.1, -0.05) is 48.0 Å². The normalized spacial score (nSPS) is 24.1. The molecule has 0 aliphatic heterocycles. The molecule has 1 aliphatic carbocycles. The van der Waals surface area contributed by atoms with Crippen LogP contribution >= 0.6 is 0 Å². The van der Waals surface area contributed by atoms with Gasteiger partial charge in [-0.15, -0.1) is 0 Å². The zero-order valence-corrected chi connectivity index (χ0v) is 12.2. The molecule has 0 saturated heterocycles. The summed E-state index contributed by atoms with van der Waals surface area (Å²) in [6.45, 7) is 12.0. The molecule has 1 saturated carbocycles. The summed E-state index contributed by atoms with van der Waals surface area (Å²) in [5.74, 6) is -1.24. The molecule has 1 rings (SSSR count). The first-order valence-corrected chi connectivity index (χ1v) is 6.60. The van der Waals surface area contributed by atoms with Crippen LogP contribution in [0.5, 0.6) is 0 Å². The highest BCUT2D eigenvalue weighted by Crippen LogP contribution is 2.68. The molecule has 0 spiro atoms. The van der Waals surface area contributed by atoms with Gasteiger partial charge in [-0.05, 0) is 16.7 Å². The van der Waals surface area contributed by atoms with Crippen LogP contribution in [0.4, 0.5) is 0 Å². The zero-order chi connectivity index (χ0) is 14.3. The van der Waals surface area contributed by atoms with Crippen LogP contribution in [0.25, 0.3) is 0 Å². The minimum atomic E-state index is -0.950. The van der Waals surface area contributed by atoms with Crippen LogP contribution in [0.1, 0.15) is 48.0 Å². The van der Waals surface area contributed by atoms with Gasteiger partial charge in [-0.3, -0.25) is 4.79 Å². The van der Waals surface area contributed by atoms with E-state index in [0.29, 0.717) is 0 Å². The van der Waals surface area contributed by atoms with E-state index in [-0.39, 0.29) is 28.6 Å². The van der Waals surface area contributed by atoms with Gasteiger partial charge in [0.25, 0.3) is 0 Å². The minimum absolute atomic E-state index is 0.0589. The van der Waals surface area contributed by atoms with Gasteiger partial charge in [0.15, 0.2) is 0 Å². The minimum Gasteiger partial charge on any atom is -0.480 e. The third-order valence-corrected chi connectivity index (χ3v) is 5.06. The number of aliphatic carboxylic acids is 1. The Morgan fingerprint density at radius 2 is 1.67 bits per heavy atom. The Morgan fingerprint density at radius 3 is 1.94 bits per heavy atom. The van der Waals surface area contributed by atoms with Gasteiger partial charge in [0, 0.05) is 5.92 Å². The summed E-state index contributed by atoms with van der Waals surface area (Å²) in [5, 5.41) is 11.9. The highest BCUT2D eigenvalue weighted by molar-refractivity contribution is 5.88. The maximum Gasteiger partial charge on any atom is 0.326 e. The average Bonchev–Trinajstić information content (AvgIpc) is 2.64. The zero-order valence-electron chi connectivity index (χ0n) is 12.2. The van der Waals surface area contributed by atoms with Crippen LogP contribution in [0, 0.1) is 22.7 Å². The van der Waals surface area contributed by atoms with E-state index in [0.717, 1.165) is 6.42 Å². The Hall–Kier alpha value is -1.06. The van der Waals surface area contributed by atoms with Crippen LogP contribution in [0.3, 0.4) is 0 Å². The van der Waals surface area contributed by atoms with E-state index in [4.69, 9.17) is 0 Å². The number of carboxylic acid groups (broad SMARTS) is 1. The van der Waals surface area contributed by atoms with E-state index in [1.54, 1.807) is 0 Å². The quantitative estimate of drug-likeness (QED) is 0.792. The van der Waals surface area contributed by atoms with Crippen molar-refractivity contribution in [1.29, 1.82) is 0 Å². The highest BCUT2D eigenvalue weighted by atomic mass is 16.4. The molecule has 104 valence electrons. The molecule has 0 radical (unpaired) electrons. The van der Waals surface area contributed by atoms with Crippen molar-refractivity contribution in [3.05, 3.63) is 0 Å². The largest absolute Gasteiger partial charge is 0.480 e. The van der Waals surface area contributed by atoms with Gasteiger partial charge in [-0.25, -0.2) is 4.79 Å². The fourth-order valence-corrected chi connectivity index (χ4v) is 2.77. The predicted octanol–water partition coefficient (Wildman–Crippen LogP) is 2.28. The van der Waals surface area contributed by atoms with E-state index in [1.165, 1.54) is 0 Å². The lowest BCUT2D eigenvalue weighted by molar-refractivity contribution is -0.143. The molecule has 1 aliphatic rings. The van der Waals surface area contributed by atoms with Crippen LogP contribution in [-0.4, -0.2) is 23.0 Å². The number of carboxylic acids is 1. The third-order valence-electron chi connectivity index (χ3n) is 5.06. The number of rotatable bonds is 5. The summed E-state index contributed by atoms with van der Waals surface area (Å²) in [6, 6.07) is -0.783. The van der Waals surface area contributed by atoms with Gasteiger partial charge in [0.05, 0.1) is 0 Å². The molecule has 0 aromatic carbocycles. The molecule has 18 heavy (non-hydrogen) atoms. The summed E-state index contributed by atoms with van der Waals surface area (Å²) >= 11 is 0. The summed E-state index contributed by atoms with van der Waals surface area (Å²) in [4.78, 5) is 23.4. The maximum atomic E-state index is 12.2. The van der Waals surface area contributed by atoms with Crippen molar-refractivity contribution in [2.75, 3.05) is 0 Å². The van der Waals surface area contributed by atoms with E-state index in [9.17, 15) is 14.7 Å². The Balaban J connectivity index is 2.73. The second-order valence-electron chi connectivity index (χ2n) is 6.59. The Bertz CT molecular complexity index is 346. The van der Waals surface area contributed by atoms with Crippen molar-refractivity contribution in [2.45, 2.75) is 54.0 Å². The number of amides is 1. The molecule has 4 nitrogen and oxygen atoms in total. The van der Waals surface area contributed by atoms with Crippen molar-refractivity contribution >= 4 is 11.9 Å². The SMILES string of the molecule is CC[C@H](C)[C@H](NC(=O)C1C(C)(C)C1(C)C)C(=O)O. The van der Waals surface area contributed by atoms with Gasteiger partial charge in [0.2, 0.25) is 5.91 Å². The first kappa shape index (κ1) is 15.0. The molecule has 0 heterocycles. The number of carbonyl (C=O) groups is 2. The van der Waals surface area contributed by atoms with E-state index < -0.39 is 12.0 Å². The fraction of sp³-hybridized carbons (Fsp3) is 0.857. The van der Waals surface area contributed by atoms with Crippen molar-refractivity contribution in [3.63, 3.8) is 0 Å². The standard InChI is InChI=1S/C14H25NO3/c1-7-8(2)9(12(17)18)15-11(16)10-13(3,4)14(10,5)6/h8-10H,7H2,1-6H3,(H,15,16)(H,17,18)/t8-,9-/m0/s1. The van der Waals surface area contributed by atoms with Crippen LogP contribution in [0.15, 0.2) is 0 Å². The van der Waals surface area contributed by atoms with Crippen molar-refractivity contribution < 1.29 is 14.7 Å². The Kier molecular flexibility index (Phi) is 3.80. The summed E-state index contributed by atoms with van der Waals surface area (Å²) in [7, 11) is 0. The smallest absolute Gasteiger partial charge is 0.326 e. The molecule has 1 fully saturated rings. The topological polar surface area (TPSA) is 66.4 Å². The highest BCUT2D eigenvalue weighted by Gasteiger charge is 2.68. The molecular formula is C14H25NO3. The summed E-state index contributed by atoms with van der Waals surface area (Å²) < 4.78 is 0. The van der Waals surface area contributed by atoms with Crippen molar-refractivity contribution in [3.8, 4) is 0 Å². The molecule has 2 atom stereocenters. The lowest BCUT2D eigenvalue weighted by Crippen LogP contribution is -2.46. The number of carbonyl (C=O) groups excluding carboxylic acids is 1. The second kappa shape index (κ2) is 4.56. The van der Waals surface area contributed by atoms with Crippen molar-refractivity contribution in [1.82, 2.24) is 5.32 Å². The molecule has 0 bridgehead atoms. The number of nitrogens with one attached hydrogen (secondary N) is 1. The first-order valence-electron chi connectivity index (χ1n) is 6.60. The molecule has 2 N–H and O–H groups in total. The number of hydrogen-bond donors (Lipinski definition) is 2. The second-order valence-corrected chi connectivity index (χ2v) is 6.59. The van der Waals surface area contributed by atoms with Gasteiger partial charge < -0.3 is 10.4 Å². The Morgan fingerprint density at radius 1 is 1.22 bits per heavy atom. The third kappa shape index (κ3) is 2.25. The lowest BCUT2D eigenvalue weighted by Gasteiger charge is -2.20. The molecular weight excluding hydrogens is 230 g/mol. The van der Waals surface area contributed by atoms with Gasteiger partial charge in [0.1, 0.15) is 6.04 Å². The fourth-order valence-electron chi connectivity index (χ4n) is 2.77. The van der Waals surface area contributed by atoms with Crippen molar-refractivity contribution in [2.24, 2.45) is 22.7 Å². The molecule has 0 aromatic heterocycles. The molecule has 1 amide bonds.